The average Bonchev–Trinajstić information content (AvgIpc) is 1.41. The quantitative estimate of drug-likeness (QED) is 0.120. The molecule has 0 saturated carbocycles. The summed E-state index contributed by atoms with van der Waals surface area (Å²) in [6.07, 6.45) is 0. The molecule has 0 fully saturated rings. The maximum atomic E-state index is 5.80. The first kappa shape index (κ1) is 57.7. The van der Waals surface area contributed by atoms with Crippen molar-refractivity contribution in [2.45, 2.75) is 0 Å². The molecule has 0 radical (unpaired) electrons. The number of fused-ring (bicyclic) bond motifs is 10. The van der Waals surface area contributed by atoms with Gasteiger partial charge in [-0.25, -0.2) is 19.9 Å². The SMILES string of the molecule is c1ccc(-c2cc(-c3ccc(-n4c5ccccc5c5cc6c7ccccc7n(-c7ccccc7)c6cc54)c(-c4cc(-c5ccccc5)nc(-c5cccc(-c6cccc(N7c8ccccc8B8c9ccccc9N(c9ccccc9)c9cccc7c98)c6)c5)n4)c3)nc(-c3ccccc3)n2)cc1. The molecular weight excluding hydrogens is 1230 g/mol. The van der Waals surface area contributed by atoms with Gasteiger partial charge in [-0.3, -0.25) is 0 Å². The normalized spacial score (nSPS) is 12.3. The highest BCUT2D eigenvalue weighted by Gasteiger charge is 2.43. The maximum Gasteiger partial charge on any atom is 0.252 e. The van der Waals surface area contributed by atoms with Gasteiger partial charge in [0.25, 0.3) is 6.71 Å². The standard InChI is InChI=1S/C92H59BN8/c1-6-27-60(28-7-1)77-57-79(96-91(94-77)62-31-10-3-11-32-62)65-51-52-83(101-82-46-21-17-42-71(82)73-56-72-70-41-16-20-45-81(70)98(88(72)59-89(73)101)67-36-12-4-13-37-67)74(55-65)80-58-78(61-29-8-2-9-30-61)95-92(97-80)66-35-24-33-63(53-66)64-34-25-40-69(54-64)100-85-48-23-19-44-76(85)93-75-43-18-22-47-84(75)99(68-38-14-5-15-39-68)86-49-26-50-87(100)90(86)93/h1-59H. The monoisotopic (exact) mass is 1290 g/mol. The van der Waals surface area contributed by atoms with Crippen LogP contribution in [-0.4, -0.2) is 35.8 Å². The van der Waals surface area contributed by atoms with E-state index in [-0.39, 0.29) is 6.71 Å². The first-order valence-electron chi connectivity index (χ1n) is 34.4. The summed E-state index contributed by atoms with van der Waals surface area (Å²) in [4.78, 5) is 26.9. The summed E-state index contributed by atoms with van der Waals surface area (Å²) in [5, 5.41) is 4.70. The average molecular weight is 1290 g/mol. The van der Waals surface area contributed by atoms with Gasteiger partial charge >= 0.3 is 0 Å². The molecule has 470 valence electrons. The second-order valence-corrected chi connectivity index (χ2v) is 26.1. The van der Waals surface area contributed by atoms with Crippen molar-refractivity contribution in [1.29, 1.82) is 0 Å². The smallest absolute Gasteiger partial charge is 0.252 e. The van der Waals surface area contributed by atoms with E-state index in [1.54, 1.807) is 0 Å². The van der Waals surface area contributed by atoms with Gasteiger partial charge in [-0.1, -0.05) is 243 Å². The molecule has 0 atom stereocenters. The Morgan fingerprint density at radius 3 is 1.28 bits per heavy atom. The molecule has 0 unspecified atom stereocenters. The van der Waals surface area contributed by atoms with Crippen LogP contribution in [0, 0.1) is 0 Å². The topological polar surface area (TPSA) is 67.9 Å². The minimum Gasteiger partial charge on any atom is -0.311 e. The minimum atomic E-state index is 0.0408. The van der Waals surface area contributed by atoms with Gasteiger partial charge in [0.05, 0.1) is 50.5 Å². The van der Waals surface area contributed by atoms with Crippen molar-refractivity contribution in [3.63, 3.8) is 0 Å². The number of hydrogen-bond donors (Lipinski definition) is 0. The molecule has 0 aliphatic carbocycles. The van der Waals surface area contributed by atoms with E-state index >= 15 is 0 Å². The van der Waals surface area contributed by atoms with Gasteiger partial charge in [-0.05, 0) is 143 Å². The van der Waals surface area contributed by atoms with E-state index in [0.717, 1.165) is 134 Å². The number of anilines is 6. The first-order chi connectivity index (χ1) is 50.1. The second kappa shape index (κ2) is 23.7. The summed E-state index contributed by atoms with van der Waals surface area (Å²) in [5.74, 6) is 1.24. The van der Waals surface area contributed by atoms with Crippen LogP contribution in [0.15, 0.2) is 358 Å². The Morgan fingerprint density at radius 1 is 0.218 bits per heavy atom. The van der Waals surface area contributed by atoms with Gasteiger partial charge in [0.2, 0.25) is 0 Å². The number of rotatable bonds is 11. The highest BCUT2D eigenvalue weighted by Crippen LogP contribution is 2.47. The molecule has 4 aromatic heterocycles. The lowest BCUT2D eigenvalue weighted by Crippen LogP contribution is -2.61. The second-order valence-electron chi connectivity index (χ2n) is 26.1. The van der Waals surface area contributed by atoms with E-state index in [2.05, 4.69) is 353 Å². The van der Waals surface area contributed by atoms with E-state index in [1.165, 1.54) is 38.5 Å². The summed E-state index contributed by atoms with van der Waals surface area (Å²) < 4.78 is 4.85. The number of nitrogens with zero attached hydrogens (tertiary/aromatic N) is 8. The molecule has 2 aliphatic heterocycles. The van der Waals surface area contributed by atoms with Gasteiger partial charge in [-0.2, -0.15) is 0 Å². The van der Waals surface area contributed by atoms with Crippen LogP contribution in [-0.2, 0) is 0 Å². The molecule has 14 aromatic carbocycles. The minimum absolute atomic E-state index is 0.0408. The molecule has 8 nitrogen and oxygen atoms in total. The molecule has 20 rings (SSSR count). The molecule has 101 heavy (non-hydrogen) atoms. The molecule has 18 aromatic rings. The Balaban J connectivity index is 0.782. The van der Waals surface area contributed by atoms with Crippen LogP contribution in [0.4, 0.5) is 34.1 Å². The molecule has 0 bridgehead atoms. The van der Waals surface area contributed by atoms with E-state index in [9.17, 15) is 0 Å². The summed E-state index contributed by atoms with van der Waals surface area (Å²) >= 11 is 0. The van der Waals surface area contributed by atoms with Gasteiger partial charge in [0.15, 0.2) is 11.6 Å². The zero-order valence-electron chi connectivity index (χ0n) is 54.7. The van der Waals surface area contributed by atoms with Crippen LogP contribution in [0.1, 0.15) is 0 Å². The largest absolute Gasteiger partial charge is 0.311 e. The summed E-state index contributed by atoms with van der Waals surface area (Å²) in [7, 11) is 0. The van der Waals surface area contributed by atoms with Crippen molar-refractivity contribution in [2.75, 3.05) is 9.80 Å². The predicted molar refractivity (Wildman–Crippen MR) is 418 cm³/mol. The molecule has 0 N–H and O–H groups in total. The zero-order chi connectivity index (χ0) is 66.5. The third-order valence-corrected chi connectivity index (χ3v) is 20.3. The Kier molecular flexibility index (Phi) is 13.5. The number of aromatic nitrogens is 6. The number of para-hydroxylation sites is 6. The molecule has 2 aliphatic rings. The summed E-state index contributed by atoms with van der Waals surface area (Å²) in [5.41, 5.74) is 28.1. The van der Waals surface area contributed by atoms with Crippen LogP contribution >= 0.6 is 0 Å². The number of benzene rings is 14. The van der Waals surface area contributed by atoms with Crippen molar-refractivity contribution in [3.8, 4) is 90.3 Å². The highest BCUT2D eigenvalue weighted by atomic mass is 15.2. The summed E-state index contributed by atoms with van der Waals surface area (Å²) in [6, 6.07) is 128. The van der Waals surface area contributed by atoms with Crippen molar-refractivity contribution < 1.29 is 0 Å². The van der Waals surface area contributed by atoms with E-state index < -0.39 is 0 Å². The third-order valence-electron chi connectivity index (χ3n) is 20.3. The van der Waals surface area contributed by atoms with Gasteiger partial charge in [0, 0.05) is 94.7 Å². The van der Waals surface area contributed by atoms with Gasteiger partial charge < -0.3 is 18.9 Å². The van der Waals surface area contributed by atoms with E-state index in [4.69, 9.17) is 19.9 Å². The molecule has 6 heterocycles. The molecular formula is C92H59BN8. The fourth-order valence-corrected chi connectivity index (χ4v) is 15.8. The third kappa shape index (κ3) is 9.61. The maximum absolute atomic E-state index is 5.80. The van der Waals surface area contributed by atoms with Crippen molar-refractivity contribution >= 4 is 101 Å². The number of hydrogen-bond acceptors (Lipinski definition) is 6. The predicted octanol–water partition coefficient (Wildman–Crippen LogP) is 21.2. The Morgan fingerprint density at radius 2 is 0.644 bits per heavy atom. The van der Waals surface area contributed by atoms with Crippen LogP contribution in [0.5, 0.6) is 0 Å². The van der Waals surface area contributed by atoms with E-state index in [0.29, 0.717) is 11.6 Å². The van der Waals surface area contributed by atoms with Crippen molar-refractivity contribution in [3.05, 3.63) is 358 Å². The van der Waals surface area contributed by atoms with Crippen LogP contribution in [0.25, 0.3) is 134 Å². The summed E-state index contributed by atoms with van der Waals surface area (Å²) in [6.45, 7) is 0.0408. The van der Waals surface area contributed by atoms with Crippen LogP contribution < -0.4 is 26.2 Å². The Labute approximate surface area is 584 Å². The van der Waals surface area contributed by atoms with Gasteiger partial charge in [-0.15, -0.1) is 0 Å². The van der Waals surface area contributed by atoms with Crippen molar-refractivity contribution in [1.82, 2.24) is 29.1 Å². The lowest BCUT2D eigenvalue weighted by atomic mass is 9.33. The Bertz CT molecular complexity index is 6230. The Hall–Kier alpha value is -13.5. The van der Waals surface area contributed by atoms with Gasteiger partial charge in [0.1, 0.15) is 0 Å². The fourth-order valence-electron chi connectivity index (χ4n) is 15.8. The van der Waals surface area contributed by atoms with Crippen molar-refractivity contribution in [2.24, 2.45) is 0 Å². The zero-order valence-corrected chi connectivity index (χ0v) is 54.7. The molecule has 0 spiro atoms. The highest BCUT2D eigenvalue weighted by molar-refractivity contribution is 7.00. The first-order valence-corrected chi connectivity index (χ1v) is 34.4. The van der Waals surface area contributed by atoms with Crippen LogP contribution in [0.2, 0.25) is 0 Å². The fraction of sp³-hybridized carbons (Fsp3) is 0. The molecule has 0 amide bonds. The molecule has 9 heteroatoms. The molecule has 0 saturated heterocycles. The lowest BCUT2D eigenvalue weighted by Gasteiger charge is -2.44. The van der Waals surface area contributed by atoms with E-state index in [1.807, 2.05) is 24.3 Å². The lowest BCUT2D eigenvalue weighted by molar-refractivity contribution is 1.14. The van der Waals surface area contributed by atoms with Crippen LogP contribution in [0.3, 0.4) is 0 Å².